The van der Waals surface area contributed by atoms with Crippen LogP contribution in [0.5, 0.6) is 0 Å². The van der Waals surface area contributed by atoms with Crippen LogP contribution in [0.2, 0.25) is 0 Å². The molecule has 0 radical (unpaired) electrons. The van der Waals surface area contributed by atoms with Gasteiger partial charge in [0.1, 0.15) is 5.82 Å². The Hall–Kier alpha value is -1.81. The topological polar surface area (TPSA) is 43.8 Å². The van der Waals surface area contributed by atoms with E-state index >= 15 is 0 Å². The van der Waals surface area contributed by atoms with Crippen LogP contribution in [0.25, 0.3) is 22.4 Å². The Morgan fingerprint density at radius 2 is 2.00 bits per heavy atom. The molecular formula is C17H18BrN3. The molecule has 0 fully saturated rings. The molecule has 108 valence electrons. The molecule has 0 aliphatic rings. The molecule has 0 atom stereocenters. The van der Waals surface area contributed by atoms with Crippen LogP contribution < -0.4 is 5.73 Å². The SMILES string of the molecule is CCCn1c(-c2cc(N)cc(Br)c2)nc2cc(C)ccc21. The number of benzene rings is 2. The zero-order chi connectivity index (χ0) is 15.0. The summed E-state index contributed by atoms with van der Waals surface area (Å²) in [5.41, 5.74) is 11.2. The standard InChI is InChI=1S/C17H18BrN3/c1-3-6-21-16-5-4-11(2)7-15(16)20-17(21)12-8-13(18)10-14(19)9-12/h4-5,7-10H,3,6,19H2,1-2H3. The summed E-state index contributed by atoms with van der Waals surface area (Å²) in [6.45, 7) is 5.22. The number of aryl methyl sites for hydroxylation is 2. The number of imidazole rings is 1. The lowest BCUT2D eigenvalue weighted by Gasteiger charge is -2.09. The Bertz CT molecular complexity index is 785. The highest BCUT2D eigenvalue weighted by molar-refractivity contribution is 9.10. The van der Waals surface area contributed by atoms with E-state index in [4.69, 9.17) is 10.7 Å². The van der Waals surface area contributed by atoms with Crippen LogP contribution in [0.4, 0.5) is 5.69 Å². The van der Waals surface area contributed by atoms with Gasteiger partial charge >= 0.3 is 0 Å². The molecule has 0 aliphatic heterocycles. The molecule has 2 N–H and O–H groups in total. The molecule has 21 heavy (non-hydrogen) atoms. The Morgan fingerprint density at radius 1 is 1.19 bits per heavy atom. The summed E-state index contributed by atoms with van der Waals surface area (Å²) in [5.74, 6) is 0.977. The molecule has 0 aliphatic carbocycles. The molecule has 0 saturated heterocycles. The van der Waals surface area contributed by atoms with Crippen molar-refractivity contribution in [2.45, 2.75) is 26.8 Å². The number of nitrogens with two attached hydrogens (primary N) is 1. The maximum atomic E-state index is 5.97. The van der Waals surface area contributed by atoms with E-state index in [9.17, 15) is 0 Å². The van der Waals surface area contributed by atoms with Gasteiger partial charge in [-0.2, -0.15) is 0 Å². The van der Waals surface area contributed by atoms with Crippen molar-refractivity contribution < 1.29 is 0 Å². The highest BCUT2D eigenvalue weighted by Crippen LogP contribution is 2.29. The zero-order valence-corrected chi connectivity index (χ0v) is 13.8. The van der Waals surface area contributed by atoms with Gasteiger partial charge in [-0.05, 0) is 49.2 Å². The normalized spacial score (nSPS) is 11.2. The monoisotopic (exact) mass is 343 g/mol. The average Bonchev–Trinajstić information content (AvgIpc) is 2.76. The smallest absolute Gasteiger partial charge is 0.141 e. The van der Waals surface area contributed by atoms with Crippen LogP contribution in [0, 0.1) is 6.92 Å². The van der Waals surface area contributed by atoms with Crippen LogP contribution >= 0.6 is 15.9 Å². The van der Waals surface area contributed by atoms with E-state index in [0.717, 1.165) is 40.0 Å². The van der Waals surface area contributed by atoms with Gasteiger partial charge in [0.15, 0.2) is 0 Å². The number of aromatic nitrogens is 2. The average molecular weight is 344 g/mol. The van der Waals surface area contributed by atoms with Crippen LogP contribution in [-0.2, 0) is 6.54 Å². The molecule has 3 rings (SSSR count). The molecule has 0 saturated carbocycles. The summed E-state index contributed by atoms with van der Waals surface area (Å²) in [7, 11) is 0. The van der Waals surface area contributed by atoms with Gasteiger partial charge in [0.05, 0.1) is 11.0 Å². The number of anilines is 1. The predicted molar refractivity (Wildman–Crippen MR) is 92.3 cm³/mol. The Morgan fingerprint density at radius 3 is 2.71 bits per heavy atom. The molecule has 0 bridgehead atoms. The third-order valence-electron chi connectivity index (χ3n) is 3.53. The van der Waals surface area contributed by atoms with Gasteiger partial charge in [-0.15, -0.1) is 0 Å². The lowest BCUT2D eigenvalue weighted by molar-refractivity contribution is 0.704. The predicted octanol–water partition coefficient (Wildman–Crippen LogP) is 4.77. The molecule has 0 amide bonds. The number of hydrogen-bond donors (Lipinski definition) is 1. The first-order valence-corrected chi connectivity index (χ1v) is 7.91. The quantitative estimate of drug-likeness (QED) is 0.696. The van der Waals surface area contributed by atoms with Crippen molar-refractivity contribution in [3.63, 3.8) is 0 Å². The van der Waals surface area contributed by atoms with Gasteiger partial charge in [-0.25, -0.2) is 4.98 Å². The summed E-state index contributed by atoms with van der Waals surface area (Å²) in [4.78, 5) is 4.83. The molecule has 1 aromatic heterocycles. The van der Waals surface area contributed by atoms with Crippen molar-refractivity contribution >= 4 is 32.7 Å². The van der Waals surface area contributed by atoms with Crippen LogP contribution in [0.15, 0.2) is 40.9 Å². The largest absolute Gasteiger partial charge is 0.399 e. The number of rotatable bonds is 3. The maximum Gasteiger partial charge on any atom is 0.141 e. The minimum Gasteiger partial charge on any atom is -0.399 e. The summed E-state index contributed by atoms with van der Waals surface area (Å²) in [5, 5.41) is 0. The third kappa shape index (κ3) is 2.68. The maximum absolute atomic E-state index is 5.97. The molecule has 0 spiro atoms. The highest BCUT2D eigenvalue weighted by Gasteiger charge is 2.13. The van der Waals surface area contributed by atoms with Crippen LogP contribution in [0.1, 0.15) is 18.9 Å². The van der Waals surface area contributed by atoms with E-state index in [0.29, 0.717) is 0 Å². The molecular weight excluding hydrogens is 326 g/mol. The van der Waals surface area contributed by atoms with Crippen molar-refractivity contribution in [3.05, 3.63) is 46.4 Å². The van der Waals surface area contributed by atoms with Gasteiger partial charge in [0, 0.05) is 22.3 Å². The first kappa shape index (κ1) is 14.1. The fourth-order valence-corrected chi connectivity index (χ4v) is 3.16. The lowest BCUT2D eigenvalue weighted by Crippen LogP contribution is -2.00. The Balaban J connectivity index is 2.27. The van der Waals surface area contributed by atoms with E-state index in [1.54, 1.807) is 0 Å². The van der Waals surface area contributed by atoms with Gasteiger partial charge in [-0.3, -0.25) is 0 Å². The van der Waals surface area contributed by atoms with E-state index in [-0.39, 0.29) is 0 Å². The van der Waals surface area contributed by atoms with Gasteiger partial charge < -0.3 is 10.3 Å². The van der Waals surface area contributed by atoms with Crippen molar-refractivity contribution in [3.8, 4) is 11.4 Å². The fourth-order valence-electron chi connectivity index (χ4n) is 2.65. The molecule has 0 unspecified atom stereocenters. The van der Waals surface area contributed by atoms with E-state index in [2.05, 4.69) is 58.6 Å². The number of nitrogen functional groups attached to an aromatic ring is 1. The summed E-state index contributed by atoms with van der Waals surface area (Å²) in [6.07, 6.45) is 1.07. The number of fused-ring (bicyclic) bond motifs is 1. The first-order chi connectivity index (χ1) is 10.1. The summed E-state index contributed by atoms with van der Waals surface area (Å²) >= 11 is 3.51. The van der Waals surface area contributed by atoms with E-state index in [1.165, 1.54) is 11.1 Å². The number of halogens is 1. The molecule has 2 aromatic carbocycles. The summed E-state index contributed by atoms with van der Waals surface area (Å²) in [6, 6.07) is 12.4. The zero-order valence-electron chi connectivity index (χ0n) is 12.2. The van der Waals surface area contributed by atoms with Gasteiger partial charge in [0.25, 0.3) is 0 Å². The third-order valence-corrected chi connectivity index (χ3v) is 3.99. The van der Waals surface area contributed by atoms with Gasteiger partial charge in [-0.1, -0.05) is 28.9 Å². The minimum absolute atomic E-state index is 0.741. The van der Waals surface area contributed by atoms with Crippen LogP contribution in [-0.4, -0.2) is 9.55 Å². The minimum atomic E-state index is 0.741. The second kappa shape index (κ2) is 5.53. The van der Waals surface area contributed by atoms with E-state index < -0.39 is 0 Å². The molecule has 3 aromatic rings. The molecule has 4 heteroatoms. The summed E-state index contributed by atoms with van der Waals surface area (Å²) < 4.78 is 3.25. The van der Waals surface area contributed by atoms with Gasteiger partial charge in [0.2, 0.25) is 0 Å². The second-order valence-corrected chi connectivity index (χ2v) is 6.27. The van der Waals surface area contributed by atoms with Crippen molar-refractivity contribution in [1.29, 1.82) is 0 Å². The van der Waals surface area contributed by atoms with Crippen LogP contribution in [0.3, 0.4) is 0 Å². The van der Waals surface area contributed by atoms with E-state index in [1.807, 2.05) is 12.1 Å². The lowest BCUT2D eigenvalue weighted by atomic mass is 10.2. The second-order valence-electron chi connectivity index (χ2n) is 5.35. The Kier molecular flexibility index (Phi) is 3.72. The highest BCUT2D eigenvalue weighted by atomic mass is 79.9. The molecule has 1 heterocycles. The van der Waals surface area contributed by atoms with Crippen molar-refractivity contribution in [2.75, 3.05) is 5.73 Å². The van der Waals surface area contributed by atoms with Crippen molar-refractivity contribution in [2.24, 2.45) is 0 Å². The molecule has 3 nitrogen and oxygen atoms in total. The first-order valence-electron chi connectivity index (χ1n) is 7.12. The van der Waals surface area contributed by atoms with Crippen molar-refractivity contribution in [1.82, 2.24) is 9.55 Å². The number of nitrogens with zero attached hydrogens (tertiary/aromatic N) is 2. The fraction of sp³-hybridized carbons (Fsp3) is 0.235. The Labute approximate surface area is 132 Å². The number of hydrogen-bond acceptors (Lipinski definition) is 2.